The molecule has 0 aliphatic rings. The SMILES string of the molecule is CCC(O)(CCc1ccc(O)c(OC)c1)C(F)(F)F.CCC(O)(CCc1ccc(Oc2nc3ccc(CS(=O)[O-])cc3s2)c(OC)c1)C(F)(F)F.O=S([O-])Cc1ccc2nc(Cl)sc2c1. The van der Waals surface area contributed by atoms with Crippen LogP contribution in [0.15, 0.2) is 72.8 Å². The van der Waals surface area contributed by atoms with Crippen LogP contribution >= 0.6 is 34.3 Å². The molecule has 0 amide bonds. The molecule has 0 bridgehead atoms. The van der Waals surface area contributed by atoms with Crippen LogP contribution in [0.25, 0.3) is 20.4 Å². The van der Waals surface area contributed by atoms with Crippen molar-refractivity contribution in [2.75, 3.05) is 14.2 Å². The van der Waals surface area contributed by atoms with Gasteiger partial charge in [-0.1, -0.05) is 83.2 Å². The van der Waals surface area contributed by atoms with Crippen molar-refractivity contribution in [3.63, 3.8) is 0 Å². The minimum Gasteiger partial charge on any atom is -0.772 e. The molecule has 0 saturated heterocycles. The van der Waals surface area contributed by atoms with Gasteiger partial charge in [0, 0.05) is 11.5 Å². The maximum Gasteiger partial charge on any atom is 0.417 e. The van der Waals surface area contributed by atoms with E-state index in [1.54, 1.807) is 54.6 Å². The van der Waals surface area contributed by atoms with Crippen LogP contribution in [0.3, 0.4) is 0 Å². The lowest BCUT2D eigenvalue weighted by Crippen LogP contribution is -2.44. The number of rotatable bonds is 16. The molecule has 6 aromatic rings. The fraction of sp³-hybridized carbons (Fsp3) is 0.381. The number of aryl methyl sites for hydroxylation is 2. The number of ether oxygens (including phenoxy) is 3. The van der Waals surface area contributed by atoms with Crippen LogP contribution in [0.1, 0.15) is 61.8 Å². The molecule has 0 saturated carbocycles. The Hall–Kier alpha value is -4.13. The lowest BCUT2D eigenvalue weighted by molar-refractivity contribution is -0.263. The second kappa shape index (κ2) is 23.1. The Labute approximate surface area is 387 Å². The first-order chi connectivity index (χ1) is 30.4. The van der Waals surface area contributed by atoms with Gasteiger partial charge in [0.25, 0.3) is 5.19 Å². The van der Waals surface area contributed by atoms with E-state index in [1.807, 2.05) is 0 Å². The summed E-state index contributed by atoms with van der Waals surface area (Å²) in [7, 11) is 2.77. The highest BCUT2D eigenvalue weighted by Crippen LogP contribution is 2.40. The number of hydrogen-bond acceptors (Lipinski definition) is 14. The first-order valence-corrected chi connectivity index (χ1v) is 23.8. The molecule has 65 heavy (non-hydrogen) atoms. The zero-order valence-corrected chi connectivity index (χ0v) is 39.0. The summed E-state index contributed by atoms with van der Waals surface area (Å²) < 4.78 is 138. The molecule has 0 spiro atoms. The number of hydrogen-bond donors (Lipinski definition) is 3. The molecule has 356 valence electrons. The minimum atomic E-state index is -4.70. The molecule has 4 atom stereocenters. The standard InChI is InChI=1S/C21H22F3NO5S2.C13H17F3O3.C8H6ClNO2S2/c1-3-20(26,21(22,23)24)9-8-13-5-7-16(17(10-13)29-2)30-19-25-15-6-4-14(12-32(27)28)11-18(15)31-19;1-3-12(18,13(14,15)16)7-6-9-4-5-10(17)11(8-9)19-2;9-8-10-6-2-1-5(4-14(11)12)3-7(6)13-8/h4-7,10-11,26H,3,8-9,12H2,1-2H3,(H,27,28);4-5,8,17-18H,3,6-7H2,1-2H3;1-3H,4H2,(H,11,12)/p-2. The average Bonchev–Trinajstić information content (AvgIpc) is 3.82. The third-order valence-corrected chi connectivity index (χ3v) is 13.1. The molecule has 0 fully saturated rings. The van der Waals surface area contributed by atoms with E-state index < -0.39 is 71.4 Å². The quantitative estimate of drug-likeness (QED) is 0.0614. The number of aliphatic hydroxyl groups is 2. The third kappa shape index (κ3) is 14.9. The van der Waals surface area contributed by atoms with Crippen molar-refractivity contribution < 1.29 is 73.4 Å². The number of halogens is 7. The van der Waals surface area contributed by atoms with Crippen molar-refractivity contribution >= 4 is 76.9 Å². The summed E-state index contributed by atoms with van der Waals surface area (Å²) in [6.45, 7) is 2.59. The zero-order chi connectivity index (χ0) is 48.3. The number of alkyl halides is 6. The van der Waals surface area contributed by atoms with Crippen molar-refractivity contribution in [1.82, 2.24) is 9.97 Å². The van der Waals surface area contributed by atoms with Crippen molar-refractivity contribution in [1.29, 1.82) is 0 Å². The van der Waals surface area contributed by atoms with Gasteiger partial charge in [0.1, 0.15) is 0 Å². The largest absolute Gasteiger partial charge is 0.772 e. The topological polar surface area (TPSA) is 194 Å². The van der Waals surface area contributed by atoms with Gasteiger partial charge < -0.3 is 38.6 Å². The van der Waals surface area contributed by atoms with Crippen LogP contribution < -0.4 is 14.2 Å². The average molecular weight is 1010 g/mol. The Morgan fingerprint density at radius 3 is 1.55 bits per heavy atom. The number of fused-ring (bicyclic) bond motifs is 2. The number of methoxy groups -OCH3 is 2. The van der Waals surface area contributed by atoms with Crippen LogP contribution in [0.5, 0.6) is 28.2 Å². The smallest absolute Gasteiger partial charge is 0.417 e. The van der Waals surface area contributed by atoms with Gasteiger partial charge in [0.2, 0.25) is 0 Å². The molecular weight excluding hydrogens is 970 g/mol. The number of aromatic nitrogens is 2. The van der Waals surface area contributed by atoms with E-state index in [2.05, 4.69) is 9.97 Å². The van der Waals surface area contributed by atoms with Crippen molar-refractivity contribution in [3.05, 3.63) is 99.5 Å². The molecule has 0 aliphatic carbocycles. The molecule has 4 aromatic carbocycles. The van der Waals surface area contributed by atoms with Crippen molar-refractivity contribution in [2.45, 2.75) is 87.4 Å². The summed E-state index contributed by atoms with van der Waals surface area (Å²) in [4.78, 5) is 8.42. The van der Waals surface area contributed by atoms with Gasteiger partial charge in [-0.15, -0.1) is 11.3 Å². The first-order valence-electron chi connectivity index (χ1n) is 19.3. The molecular formula is C42H43ClF6N2O10S4-2. The Morgan fingerprint density at radius 2 is 1.09 bits per heavy atom. The maximum absolute atomic E-state index is 13.1. The normalized spacial score (nSPS) is 14.6. The van der Waals surface area contributed by atoms with E-state index >= 15 is 0 Å². The van der Waals surface area contributed by atoms with Crippen LogP contribution in [-0.2, 0) is 46.5 Å². The molecule has 0 radical (unpaired) electrons. The highest BCUT2D eigenvalue weighted by atomic mass is 35.5. The zero-order valence-electron chi connectivity index (χ0n) is 35.0. The van der Waals surface area contributed by atoms with Gasteiger partial charge in [-0.3, -0.25) is 8.42 Å². The van der Waals surface area contributed by atoms with Crippen LogP contribution in [0.4, 0.5) is 26.3 Å². The molecule has 4 unspecified atom stereocenters. The molecule has 2 aromatic heterocycles. The number of aromatic hydroxyl groups is 1. The predicted molar refractivity (Wildman–Crippen MR) is 236 cm³/mol. The number of benzene rings is 4. The van der Waals surface area contributed by atoms with Gasteiger partial charge >= 0.3 is 12.4 Å². The maximum atomic E-state index is 13.1. The highest BCUT2D eigenvalue weighted by Gasteiger charge is 2.52. The van der Waals surface area contributed by atoms with Crippen LogP contribution in [0.2, 0.25) is 4.47 Å². The lowest BCUT2D eigenvalue weighted by atomic mass is 9.91. The Balaban J connectivity index is 0.000000236. The summed E-state index contributed by atoms with van der Waals surface area (Å²) in [6, 6.07) is 19.5. The van der Waals surface area contributed by atoms with E-state index in [0.717, 1.165) is 20.5 Å². The van der Waals surface area contributed by atoms with Gasteiger partial charge in [0.15, 0.2) is 38.7 Å². The molecule has 2 heterocycles. The number of thiazole rings is 2. The number of phenols is 1. The van der Waals surface area contributed by atoms with Crippen molar-refractivity contribution in [2.24, 2.45) is 0 Å². The van der Waals surface area contributed by atoms with Crippen molar-refractivity contribution in [3.8, 4) is 28.2 Å². The van der Waals surface area contributed by atoms with Gasteiger partial charge in [-0.2, -0.15) is 26.3 Å². The Kier molecular flexibility index (Phi) is 19.0. The molecule has 12 nitrogen and oxygen atoms in total. The van der Waals surface area contributed by atoms with E-state index in [9.17, 15) is 59.2 Å². The van der Waals surface area contributed by atoms with Gasteiger partial charge in [-0.25, -0.2) is 9.97 Å². The summed E-state index contributed by atoms with van der Waals surface area (Å²) in [5.41, 5.74) is -1.46. The summed E-state index contributed by atoms with van der Waals surface area (Å²) in [5.74, 6) is 0.707. The van der Waals surface area contributed by atoms with Crippen LogP contribution in [-0.4, -0.2) is 80.6 Å². The second-order valence-corrected chi connectivity index (χ2v) is 18.7. The fourth-order valence-corrected chi connectivity index (χ4v) is 8.94. The molecule has 6 rings (SSSR count). The second-order valence-electron chi connectivity index (χ2n) is 14.3. The molecule has 23 heteroatoms. The summed E-state index contributed by atoms with van der Waals surface area (Å²) >= 11 is 4.05. The molecule has 3 N–H and O–H groups in total. The fourth-order valence-electron chi connectivity index (χ4n) is 6.05. The van der Waals surface area contributed by atoms with E-state index in [4.69, 9.17) is 25.8 Å². The highest BCUT2D eigenvalue weighted by molar-refractivity contribution is 7.78. The lowest BCUT2D eigenvalue weighted by Gasteiger charge is -2.29. The number of nitrogens with zero attached hydrogens (tertiary/aromatic N) is 2. The van der Waals surface area contributed by atoms with E-state index in [0.29, 0.717) is 43.4 Å². The minimum absolute atomic E-state index is 0.00545. The summed E-state index contributed by atoms with van der Waals surface area (Å²) in [6.07, 6.45) is -11.0. The van der Waals surface area contributed by atoms with Gasteiger partial charge in [-0.05, 0) is 109 Å². The molecule has 0 aliphatic heterocycles. The Morgan fingerprint density at radius 1 is 0.646 bits per heavy atom. The number of phenolic OH excluding ortho intramolecular Hbond substituents is 1. The van der Waals surface area contributed by atoms with Crippen LogP contribution in [0, 0.1) is 0 Å². The Bertz CT molecular complexity index is 2580. The third-order valence-electron chi connectivity index (χ3n) is 9.98. The first kappa shape index (κ1) is 53.5. The monoisotopic (exact) mass is 1010 g/mol. The van der Waals surface area contributed by atoms with E-state index in [1.165, 1.54) is 68.9 Å². The predicted octanol–water partition coefficient (Wildman–Crippen LogP) is 10.5. The van der Waals surface area contributed by atoms with E-state index in [-0.39, 0.29) is 35.8 Å². The van der Waals surface area contributed by atoms with Gasteiger partial charge in [0.05, 0.1) is 34.7 Å². The summed E-state index contributed by atoms with van der Waals surface area (Å²) in [5, 5.41) is 29.2.